The monoisotopic (exact) mass is 361 g/mol. The third kappa shape index (κ3) is 4.18. The van der Waals surface area contributed by atoms with Gasteiger partial charge in [-0.2, -0.15) is 0 Å². The lowest BCUT2D eigenvalue weighted by Crippen LogP contribution is -2.35. The lowest BCUT2D eigenvalue weighted by molar-refractivity contribution is -0.144. The Labute approximate surface area is 149 Å². The van der Waals surface area contributed by atoms with E-state index in [1.165, 1.54) is 18.4 Å². The van der Waals surface area contributed by atoms with Gasteiger partial charge in [-0.25, -0.2) is 9.59 Å². The van der Waals surface area contributed by atoms with Crippen LogP contribution in [0.15, 0.2) is 36.4 Å². The van der Waals surface area contributed by atoms with E-state index in [4.69, 9.17) is 9.47 Å². The molecule has 25 heavy (non-hydrogen) atoms. The number of carbonyl (C=O) groups excluding carboxylic acids is 2. The fourth-order valence-electron chi connectivity index (χ4n) is 2.56. The number of hydrogen-bond acceptors (Lipinski definition) is 7. The van der Waals surface area contributed by atoms with Gasteiger partial charge in [0.15, 0.2) is 6.61 Å². The molecule has 0 atom stereocenters. The molecule has 1 aromatic carbocycles. The maximum Gasteiger partial charge on any atom is 0.348 e. The van der Waals surface area contributed by atoms with Gasteiger partial charge in [-0.1, -0.05) is 30.3 Å². The Bertz CT molecular complexity index is 737. The highest BCUT2D eigenvalue weighted by molar-refractivity contribution is 7.18. The minimum Gasteiger partial charge on any atom is -0.466 e. The van der Waals surface area contributed by atoms with Crippen LogP contribution in [0, 0.1) is 0 Å². The molecule has 1 saturated heterocycles. The first kappa shape index (κ1) is 17.4. The number of morpholine rings is 1. The standard InChI is InChI=1S/C18H19NO5S/c1-22-16(20)12-24-18(21)15-11-14(13-5-3-2-4-6-13)17(25-15)19-7-9-23-10-8-19/h2-6,11H,7-10,12H2,1H3. The first-order valence-corrected chi connectivity index (χ1v) is 8.76. The summed E-state index contributed by atoms with van der Waals surface area (Å²) < 4.78 is 14.9. The van der Waals surface area contributed by atoms with E-state index in [1.54, 1.807) is 0 Å². The molecule has 2 heterocycles. The molecule has 0 spiro atoms. The minimum atomic E-state index is -0.582. The molecule has 0 bridgehead atoms. The average Bonchev–Trinajstić information content (AvgIpc) is 3.12. The maximum absolute atomic E-state index is 12.3. The van der Waals surface area contributed by atoms with Crippen molar-refractivity contribution in [1.82, 2.24) is 0 Å². The number of nitrogens with zero attached hydrogens (tertiary/aromatic N) is 1. The van der Waals surface area contributed by atoms with Gasteiger partial charge in [-0.05, 0) is 11.6 Å². The number of esters is 2. The highest BCUT2D eigenvalue weighted by Gasteiger charge is 2.23. The molecule has 0 radical (unpaired) electrons. The summed E-state index contributed by atoms with van der Waals surface area (Å²) in [5.41, 5.74) is 2.02. The Morgan fingerprint density at radius 2 is 1.92 bits per heavy atom. The van der Waals surface area contributed by atoms with Crippen molar-refractivity contribution >= 4 is 28.3 Å². The summed E-state index contributed by atoms with van der Waals surface area (Å²) >= 11 is 1.37. The van der Waals surface area contributed by atoms with Crippen LogP contribution in [-0.4, -0.2) is 52.0 Å². The van der Waals surface area contributed by atoms with E-state index in [9.17, 15) is 9.59 Å². The van der Waals surface area contributed by atoms with Gasteiger partial charge in [0.2, 0.25) is 0 Å². The summed E-state index contributed by atoms with van der Waals surface area (Å²) in [5, 5.41) is 1.01. The lowest BCUT2D eigenvalue weighted by Gasteiger charge is -2.28. The topological polar surface area (TPSA) is 65.1 Å². The van der Waals surface area contributed by atoms with Gasteiger partial charge < -0.3 is 19.1 Å². The van der Waals surface area contributed by atoms with Gasteiger partial charge >= 0.3 is 11.9 Å². The largest absolute Gasteiger partial charge is 0.466 e. The SMILES string of the molecule is COC(=O)COC(=O)c1cc(-c2ccccc2)c(N2CCOCC2)s1. The summed E-state index contributed by atoms with van der Waals surface area (Å²) in [7, 11) is 1.26. The van der Waals surface area contributed by atoms with Crippen molar-refractivity contribution in [3.63, 3.8) is 0 Å². The van der Waals surface area contributed by atoms with Gasteiger partial charge in [0.05, 0.1) is 25.3 Å². The molecule has 1 fully saturated rings. The van der Waals surface area contributed by atoms with Crippen LogP contribution in [0.1, 0.15) is 9.67 Å². The van der Waals surface area contributed by atoms with Crippen molar-refractivity contribution in [3.8, 4) is 11.1 Å². The average molecular weight is 361 g/mol. The van der Waals surface area contributed by atoms with Crippen LogP contribution >= 0.6 is 11.3 Å². The van der Waals surface area contributed by atoms with Crippen molar-refractivity contribution < 1.29 is 23.8 Å². The highest BCUT2D eigenvalue weighted by atomic mass is 32.1. The number of thiophene rings is 1. The van der Waals surface area contributed by atoms with Crippen molar-refractivity contribution in [2.24, 2.45) is 0 Å². The molecule has 0 N–H and O–H groups in total. The fraction of sp³-hybridized carbons (Fsp3) is 0.333. The van der Waals surface area contributed by atoms with E-state index in [1.807, 2.05) is 36.4 Å². The Balaban J connectivity index is 1.88. The molecule has 6 nitrogen and oxygen atoms in total. The third-order valence-electron chi connectivity index (χ3n) is 3.85. The van der Waals surface area contributed by atoms with Crippen LogP contribution < -0.4 is 4.90 Å². The molecule has 2 aromatic rings. The molecular weight excluding hydrogens is 342 g/mol. The fourth-order valence-corrected chi connectivity index (χ4v) is 3.69. The van der Waals surface area contributed by atoms with Gasteiger partial charge in [-0.3, -0.25) is 0 Å². The number of anilines is 1. The Hall–Kier alpha value is -2.38. The number of ether oxygens (including phenoxy) is 3. The molecule has 0 saturated carbocycles. The molecule has 1 aliphatic rings. The molecule has 3 rings (SSSR count). The Kier molecular flexibility index (Phi) is 5.67. The number of hydrogen-bond donors (Lipinski definition) is 0. The van der Waals surface area contributed by atoms with Gasteiger partial charge in [0.1, 0.15) is 4.88 Å². The molecule has 0 amide bonds. The predicted octanol–water partition coefficient (Wildman–Crippen LogP) is 2.58. The number of rotatable bonds is 5. The molecule has 132 valence electrons. The van der Waals surface area contributed by atoms with Crippen molar-refractivity contribution in [1.29, 1.82) is 0 Å². The lowest BCUT2D eigenvalue weighted by atomic mass is 10.1. The third-order valence-corrected chi connectivity index (χ3v) is 5.02. The molecular formula is C18H19NO5S. The zero-order valence-corrected chi connectivity index (χ0v) is 14.7. The molecule has 1 aromatic heterocycles. The summed E-state index contributed by atoms with van der Waals surface area (Å²) in [4.78, 5) is 26.1. The highest BCUT2D eigenvalue weighted by Crippen LogP contribution is 2.39. The van der Waals surface area contributed by atoms with Crippen LogP contribution in [0.25, 0.3) is 11.1 Å². The van der Waals surface area contributed by atoms with Crippen molar-refractivity contribution in [2.45, 2.75) is 0 Å². The van der Waals surface area contributed by atoms with Gasteiger partial charge in [0, 0.05) is 18.7 Å². The van der Waals surface area contributed by atoms with E-state index >= 15 is 0 Å². The second kappa shape index (κ2) is 8.13. The van der Waals surface area contributed by atoms with Gasteiger partial charge in [0.25, 0.3) is 0 Å². The van der Waals surface area contributed by atoms with Crippen LogP contribution in [0.2, 0.25) is 0 Å². The Morgan fingerprint density at radius 3 is 2.60 bits per heavy atom. The van der Waals surface area contributed by atoms with Crippen LogP contribution in [0.3, 0.4) is 0 Å². The van der Waals surface area contributed by atoms with Crippen LogP contribution in [0.4, 0.5) is 5.00 Å². The second-order valence-corrected chi connectivity index (χ2v) is 6.48. The van der Waals surface area contributed by atoms with Crippen LogP contribution in [-0.2, 0) is 19.0 Å². The predicted molar refractivity (Wildman–Crippen MR) is 95.1 cm³/mol. The summed E-state index contributed by atoms with van der Waals surface area (Å²) in [6.45, 7) is 2.48. The summed E-state index contributed by atoms with van der Waals surface area (Å²) in [6.07, 6.45) is 0. The van der Waals surface area contributed by atoms with Crippen molar-refractivity contribution in [2.75, 3.05) is 44.9 Å². The minimum absolute atomic E-state index is 0.388. The molecule has 1 aliphatic heterocycles. The molecule has 0 unspecified atom stereocenters. The summed E-state index contributed by atoms with van der Waals surface area (Å²) in [5.74, 6) is -1.10. The van der Waals surface area contributed by atoms with E-state index in [0.717, 1.165) is 29.2 Å². The van der Waals surface area contributed by atoms with Crippen molar-refractivity contribution in [3.05, 3.63) is 41.3 Å². The first-order valence-electron chi connectivity index (χ1n) is 7.95. The normalized spacial score (nSPS) is 14.2. The number of carbonyl (C=O) groups is 2. The smallest absolute Gasteiger partial charge is 0.348 e. The number of methoxy groups -OCH3 is 1. The van der Waals surface area contributed by atoms with Gasteiger partial charge in [-0.15, -0.1) is 11.3 Å². The zero-order valence-electron chi connectivity index (χ0n) is 13.9. The molecule has 0 aliphatic carbocycles. The van der Waals surface area contributed by atoms with Crippen LogP contribution in [0.5, 0.6) is 0 Å². The first-order chi connectivity index (χ1) is 12.2. The van der Waals surface area contributed by atoms with E-state index in [2.05, 4.69) is 9.64 Å². The quantitative estimate of drug-likeness (QED) is 0.763. The second-order valence-electron chi connectivity index (χ2n) is 5.45. The van der Waals surface area contributed by atoms with E-state index in [0.29, 0.717) is 18.1 Å². The molecule has 7 heteroatoms. The van der Waals surface area contributed by atoms with E-state index in [-0.39, 0.29) is 6.61 Å². The number of benzene rings is 1. The van der Waals surface area contributed by atoms with E-state index < -0.39 is 11.9 Å². The zero-order chi connectivity index (χ0) is 17.6. The maximum atomic E-state index is 12.3. The Morgan fingerprint density at radius 1 is 1.20 bits per heavy atom. The summed E-state index contributed by atoms with van der Waals surface area (Å²) in [6, 6.07) is 11.7.